The van der Waals surface area contributed by atoms with E-state index in [0.29, 0.717) is 0 Å². The summed E-state index contributed by atoms with van der Waals surface area (Å²) in [5.74, 6) is -0.394. The Hall–Kier alpha value is -1.83. The molecule has 0 bridgehead atoms. The Bertz CT molecular complexity index is 417. The highest BCUT2D eigenvalue weighted by atomic mass is 16.5. The Morgan fingerprint density at radius 2 is 1.81 bits per heavy atom. The van der Waals surface area contributed by atoms with Crippen molar-refractivity contribution in [2.75, 3.05) is 7.11 Å². The van der Waals surface area contributed by atoms with Crippen LogP contribution in [0.1, 0.15) is 47.5 Å². The van der Waals surface area contributed by atoms with E-state index in [1.54, 1.807) is 0 Å². The molecule has 0 aliphatic heterocycles. The van der Waals surface area contributed by atoms with Gasteiger partial charge in [-0.3, -0.25) is 0 Å². The van der Waals surface area contributed by atoms with Crippen molar-refractivity contribution < 1.29 is 9.53 Å². The van der Waals surface area contributed by atoms with E-state index in [1.807, 2.05) is 0 Å². The molecule has 2 heteroatoms. The van der Waals surface area contributed by atoms with Crippen LogP contribution in [0.4, 0.5) is 0 Å². The van der Waals surface area contributed by atoms with Gasteiger partial charge in [0.15, 0.2) is 0 Å². The summed E-state index contributed by atoms with van der Waals surface area (Å²) in [6.07, 6.45) is 14.3. The van der Waals surface area contributed by atoms with E-state index in [-0.39, 0.29) is 0 Å². The van der Waals surface area contributed by atoms with Crippen LogP contribution < -0.4 is 0 Å². The van der Waals surface area contributed by atoms with Crippen LogP contribution in [0.3, 0.4) is 0 Å². The van der Waals surface area contributed by atoms with Gasteiger partial charge in [0, 0.05) is 6.08 Å². The van der Waals surface area contributed by atoms with Crippen molar-refractivity contribution in [3.8, 4) is 0 Å². The third-order valence-electron chi connectivity index (χ3n) is 2.65. The van der Waals surface area contributed by atoms with Crippen molar-refractivity contribution in [2.45, 2.75) is 47.5 Å². The van der Waals surface area contributed by atoms with Gasteiger partial charge in [-0.1, -0.05) is 53.7 Å². The summed E-state index contributed by atoms with van der Waals surface area (Å²) < 4.78 is 4.14. The van der Waals surface area contributed by atoms with E-state index in [9.17, 15) is 4.79 Å². The summed E-state index contributed by atoms with van der Waals surface area (Å²) in [4.78, 5) is 9.84. The maximum Gasteiger partial charge on any atom is 0.329 e. The summed E-state index contributed by atoms with van der Waals surface area (Å²) in [7, 11) is 1.31. The molecule has 0 aromatic heterocycles. The number of allylic oxidation sites excluding steroid dienone is 8. The third-order valence-corrected chi connectivity index (χ3v) is 2.65. The molecule has 0 rings (SSSR count). The monoisotopic (exact) mass is 290 g/mol. The van der Waals surface area contributed by atoms with Gasteiger partial charge in [-0.15, -0.1) is 0 Å². The summed E-state index contributed by atoms with van der Waals surface area (Å²) in [6, 6.07) is 0. The minimum absolute atomic E-state index is 0.394. The molecular formula is C19H30O2. The van der Waals surface area contributed by atoms with Gasteiger partial charge in [0.25, 0.3) is 0 Å². The number of carbonyl (C=O) groups excluding carboxylic acids is 1. The van der Waals surface area contributed by atoms with Gasteiger partial charge in [0.2, 0.25) is 0 Å². The molecule has 0 N–H and O–H groups in total. The number of carbonyl (C=O) groups is 1. The van der Waals surface area contributed by atoms with Crippen molar-refractivity contribution >= 4 is 5.97 Å². The second kappa shape index (κ2) is 14.6. The lowest BCUT2D eigenvalue weighted by atomic mass is 10.1. The summed E-state index contributed by atoms with van der Waals surface area (Å²) in [5.41, 5.74) is 4.15. The largest absolute Gasteiger partial charge is 0.466 e. The first-order chi connectivity index (χ1) is 9.87. The molecule has 2 nitrogen and oxygen atoms in total. The van der Waals surface area contributed by atoms with Crippen LogP contribution in [0.2, 0.25) is 0 Å². The fraction of sp³-hybridized carbons (Fsp3) is 0.421. The zero-order valence-electron chi connectivity index (χ0n) is 14.4. The Kier molecular flexibility index (Phi) is 14.9. The van der Waals surface area contributed by atoms with Gasteiger partial charge in [-0.2, -0.15) is 0 Å². The fourth-order valence-corrected chi connectivity index (χ4v) is 1.22. The van der Waals surface area contributed by atoms with Crippen molar-refractivity contribution in [2.24, 2.45) is 0 Å². The quantitative estimate of drug-likeness (QED) is 0.277. The minimum atomic E-state index is -0.394. The van der Waals surface area contributed by atoms with Crippen LogP contribution >= 0.6 is 0 Å². The van der Waals surface area contributed by atoms with Crippen LogP contribution in [0.5, 0.6) is 0 Å². The SMILES string of the molecule is C=CC(=O)OC.CC=C(C)C=CC=C(C)CCC=C(C)C. The third kappa shape index (κ3) is 18.2. The van der Waals surface area contributed by atoms with Gasteiger partial charge >= 0.3 is 5.97 Å². The predicted octanol–water partition coefficient (Wildman–Crippen LogP) is 5.55. The van der Waals surface area contributed by atoms with Gasteiger partial charge in [-0.05, 0) is 47.5 Å². The molecule has 0 amide bonds. The number of ether oxygens (including phenoxy) is 1. The van der Waals surface area contributed by atoms with Crippen LogP contribution in [-0.4, -0.2) is 13.1 Å². The highest BCUT2D eigenvalue weighted by Gasteiger charge is 1.86. The van der Waals surface area contributed by atoms with Crippen molar-refractivity contribution in [1.29, 1.82) is 0 Å². The van der Waals surface area contributed by atoms with Crippen LogP contribution in [-0.2, 0) is 9.53 Å². The van der Waals surface area contributed by atoms with Crippen LogP contribution in [0.15, 0.2) is 59.8 Å². The standard InChI is InChI=1S/C15H24.C4H6O2/c1-6-14(4)10-8-12-15(5)11-7-9-13(2)3;1-3-4(5)6-2/h6,8-10,12H,7,11H2,1-5H3;3H,1H2,2H3. The highest BCUT2D eigenvalue weighted by Crippen LogP contribution is 2.07. The summed E-state index contributed by atoms with van der Waals surface area (Å²) >= 11 is 0. The number of rotatable bonds is 6. The molecule has 0 aromatic carbocycles. The zero-order chi connectivity index (χ0) is 16.7. The normalized spacial score (nSPS) is 11.5. The first-order valence-corrected chi connectivity index (χ1v) is 7.17. The van der Waals surface area contributed by atoms with Crippen LogP contribution in [0, 0.1) is 0 Å². The average Bonchev–Trinajstić information content (AvgIpc) is 2.46. The highest BCUT2D eigenvalue weighted by molar-refractivity contribution is 5.80. The number of hydrogen-bond donors (Lipinski definition) is 0. The molecule has 0 saturated heterocycles. The molecule has 0 unspecified atom stereocenters. The topological polar surface area (TPSA) is 26.3 Å². The smallest absolute Gasteiger partial charge is 0.329 e. The van der Waals surface area contributed by atoms with E-state index in [2.05, 4.69) is 76.3 Å². The second-order valence-corrected chi connectivity index (χ2v) is 4.95. The Balaban J connectivity index is 0. The lowest BCUT2D eigenvalue weighted by molar-refractivity contribution is -0.134. The molecule has 118 valence electrons. The summed E-state index contributed by atoms with van der Waals surface area (Å²) in [5, 5.41) is 0. The molecule has 0 aliphatic rings. The van der Waals surface area contributed by atoms with Crippen molar-refractivity contribution in [3.63, 3.8) is 0 Å². The predicted molar refractivity (Wildman–Crippen MR) is 93.2 cm³/mol. The van der Waals surface area contributed by atoms with E-state index < -0.39 is 5.97 Å². The Morgan fingerprint density at radius 1 is 1.19 bits per heavy atom. The molecule has 0 heterocycles. The Morgan fingerprint density at radius 3 is 2.19 bits per heavy atom. The first-order valence-electron chi connectivity index (χ1n) is 7.17. The molecule has 0 atom stereocenters. The lowest BCUT2D eigenvalue weighted by Gasteiger charge is -1.96. The fourth-order valence-electron chi connectivity index (χ4n) is 1.22. The number of methoxy groups -OCH3 is 1. The van der Waals surface area contributed by atoms with E-state index in [4.69, 9.17) is 0 Å². The second-order valence-electron chi connectivity index (χ2n) is 4.95. The maximum atomic E-state index is 9.84. The first kappa shape index (κ1) is 21.5. The van der Waals surface area contributed by atoms with Gasteiger partial charge in [-0.25, -0.2) is 4.79 Å². The Labute approximate surface area is 130 Å². The van der Waals surface area contributed by atoms with Gasteiger partial charge < -0.3 is 4.74 Å². The van der Waals surface area contributed by atoms with E-state index >= 15 is 0 Å². The van der Waals surface area contributed by atoms with E-state index in [0.717, 1.165) is 18.9 Å². The van der Waals surface area contributed by atoms with Crippen molar-refractivity contribution in [3.05, 3.63) is 59.8 Å². The molecule has 21 heavy (non-hydrogen) atoms. The molecule has 0 spiro atoms. The molecule has 0 saturated carbocycles. The van der Waals surface area contributed by atoms with E-state index in [1.165, 1.54) is 23.8 Å². The average molecular weight is 290 g/mol. The maximum absolute atomic E-state index is 9.84. The molecule has 0 aliphatic carbocycles. The van der Waals surface area contributed by atoms with Crippen molar-refractivity contribution in [1.82, 2.24) is 0 Å². The zero-order valence-corrected chi connectivity index (χ0v) is 14.4. The number of hydrogen-bond acceptors (Lipinski definition) is 2. The molecule has 0 radical (unpaired) electrons. The lowest BCUT2D eigenvalue weighted by Crippen LogP contribution is -1.91. The number of esters is 1. The van der Waals surface area contributed by atoms with Gasteiger partial charge in [0.1, 0.15) is 0 Å². The molecule has 0 aromatic rings. The van der Waals surface area contributed by atoms with Crippen LogP contribution in [0.25, 0.3) is 0 Å². The summed E-state index contributed by atoms with van der Waals surface area (Å²) in [6.45, 7) is 13.8. The molecule has 0 fully saturated rings. The molecular weight excluding hydrogens is 260 g/mol. The van der Waals surface area contributed by atoms with Gasteiger partial charge in [0.05, 0.1) is 7.11 Å². The minimum Gasteiger partial charge on any atom is -0.466 e.